The van der Waals surface area contributed by atoms with E-state index in [1.807, 2.05) is 74.5 Å². The maximum Gasteiger partial charge on any atom is 0.275 e. The molecule has 0 saturated heterocycles. The molecule has 3 rings (SSSR count). The molecule has 0 aromatic heterocycles. The van der Waals surface area contributed by atoms with Crippen LogP contribution >= 0.6 is 34.8 Å². The van der Waals surface area contributed by atoms with Crippen LogP contribution in [0.4, 0.5) is 5.69 Å². The first-order chi connectivity index (χ1) is 13.0. The van der Waals surface area contributed by atoms with Crippen LogP contribution < -0.4 is 0 Å². The highest BCUT2D eigenvalue weighted by molar-refractivity contribution is 6.41. The summed E-state index contributed by atoms with van der Waals surface area (Å²) in [5.41, 5.74) is 4.34. The monoisotopic (exact) mass is 415 g/mol. The molecule has 136 valence electrons. The predicted molar refractivity (Wildman–Crippen MR) is 116 cm³/mol. The second kappa shape index (κ2) is 8.71. The van der Waals surface area contributed by atoms with Gasteiger partial charge in [-0.2, -0.15) is 0 Å². The van der Waals surface area contributed by atoms with Gasteiger partial charge in [0.1, 0.15) is 15.8 Å². The van der Waals surface area contributed by atoms with Crippen molar-refractivity contribution in [2.45, 2.75) is 13.8 Å². The number of hydrogen-bond donors (Lipinski definition) is 0. The quantitative estimate of drug-likeness (QED) is 0.242. The van der Waals surface area contributed by atoms with E-state index in [9.17, 15) is 0 Å². The third-order valence-electron chi connectivity index (χ3n) is 3.91. The molecule has 0 N–H and O–H groups in total. The Morgan fingerprint density at radius 3 is 1.59 bits per heavy atom. The predicted octanol–water partition coefficient (Wildman–Crippen LogP) is 7.22. The van der Waals surface area contributed by atoms with E-state index in [1.54, 1.807) is 16.8 Å². The van der Waals surface area contributed by atoms with Crippen molar-refractivity contribution in [3.05, 3.63) is 99.0 Å². The van der Waals surface area contributed by atoms with Crippen molar-refractivity contribution >= 4 is 51.9 Å². The smallest absolute Gasteiger partial charge is 0.0842 e. The summed E-state index contributed by atoms with van der Waals surface area (Å²) in [6.45, 7) is 3.91. The molecule has 3 aromatic carbocycles. The first-order valence-corrected chi connectivity index (χ1v) is 9.55. The van der Waals surface area contributed by atoms with Crippen molar-refractivity contribution in [3.63, 3.8) is 0 Å². The van der Waals surface area contributed by atoms with E-state index in [2.05, 4.69) is 0 Å². The number of nitrogens with zero attached hydrogens (tertiary/aromatic N) is 2. The molecule has 0 unspecified atom stereocenters. The van der Waals surface area contributed by atoms with Gasteiger partial charge in [-0.25, -0.2) is 0 Å². The number of hydrazone groups is 1. The van der Waals surface area contributed by atoms with Gasteiger partial charge in [0.15, 0.2) is 5.71 Å². The van der Waals surface area contributed by atoms with Crippen LogP contribution in [0, 0.1) is 0 Å². The molecule has 0 atom stereocenters. The highest BCUT2D eigenvalue weighted by Crippen LogP contribution is 2.36. The molecular weight excluding hydrogens is 399 g/mol. The van der Waals surface area contributed by atoms with Gasteiger partial charge in [0.25, 0.3) is 5.69 Å². The SMILES string of the molecule is CC(C)=[N+](N=C(c1ccccc1)c1ccccc1)c1c(Cl)cc(Cl)cc1Cl. The fourth-order valence-electron chi connectivity index (χ4n) is 2.68. The molecule has 0 amide bonds. The van der Waals surface area contributed by atoms with E-state index in [-0.39, 0.29) is 0 Å². The molecule has 0 aliphatic carbocycles. The van der Waals surface area contributed by atoms with Crippen molar-refractivity contribution in [2.24, 2.45) is 5.10 Å². The topological polar surface area (TPSA) is 15.4 Å². The Morgan fingerprint density at radius 1 is 0.741 bits per heavy atom. The van der Waals surface area contributed by atoms with Gasteiger partial charge in [-0.05, 0) is 12.1 Å². The van der Waals surface area contributed by atoms with Gasteiger partial charge in [-0.3, -0.25) is 0 Å². The minimum absolute atomic E-state index is 0.443. The Bertz CT molecular complexity index is 942. The van der Waals surface area contributed by atoms with Gasteiger partial charge in [0.2, 0.25) is 0 Å². The highest BCUT2D eigenvalue weighted by atomic mass is 35.5. The lowest BCUT2D eigenvalue weighted by molar-refractivity contribution is -0.446. The zero-order valence-corrected chi connectivity index (χ0v) is 17.2. The maximum atomic E-state index is 6.46. The molecule has 0 aliphatic rings. The van der Waals surface area contributed by atoms with Crippen molar-refractivity contribution in [1.82, 2.24) is 0 Å². The van der Waals surface area contributed by atoms with Crippen molar-refractivity contribution in [1.29, 1.82) is 0 Å². The van der Waals surface area contributed by atoms with Gasteiger partial charge in [0.05, 0.1) is 0 Å². The molecule has 27 heavy (non-hydrogen) atoms. The first kappa shape index (κ1) is 19.6. The molecule has 2 nitrogen and oxygen atoms in total. The van der Waals surface area contributed by atoms with E-state index >= 15 is 0 Å². The summed E-state index contributed by atoms with van der Waals surface area (Å²) in [6.07, 6.45) is 0. The van der Waals surface area contributed by atoms with Crippen molar-refractivity contribution < 1.29 is 4.68 Å². The zero-order chi connectivity index (χ0) is 19.4. The van der Waals surface area contributed by atoms with Crippen molar-refractivity contribution in [2.75, 3.05) is 0 Å². The Balaban J connectivity index is 2.26. The Kier molecular flexibility index (Phi) is 6.33. The number of benzene rings is 3. The van der Waals surface area contributed by atoms with E-state index in [1.165, 1.54) is 0 Å². The summed E-state index contributed by atoms with van der Waals surface area (Å²) in [5.74, 6) is 0. The third kappa shape index (κ3) is 4.59. The van der Waals surface area contributed by atoms with Gasteiger partial charge in [0, 0.05) is 35.1 Å². The van der Waals surface area contributed by atoms with E-state index < -0.39 is 0 Å². The molecule has 0 heterocycles. The van der Waals surface area contributed by atoms with Crippen LogP contribution in [0.25, 0.3) is 0 Å². The summed E-state index contributed by atoms with van der Waals surface area (Å²) in [4.78, 5) is 0. The summed E-state index contributed by atoms with van der Waals surface area (Å²) >= 11 is 19.0. The summed E-state index contributed by atoms with van der Waals surface area (Å²) in [7, 11) is 0. The minimum atomic E-state index is 0.443. The molecule has 0 aliphatic heterocycles. The number of hydrogen-bond acceptors (Lipinski definition) is 1. The summed E-state index contributed by atoms with van der Waals surface area (Å²) in [5, 5.41) is 6.31. The molecular formula is C22H18Cl3N2+. The van der Waals surface area contributed by atoms with E-state index in [0.29, 0.717) is 20.8 Å². The van der Waals surface area contributed by atoms with Crippen LogP contribution in [-0.2, 0) is 0 Å². The average Bonchev–Trinajstić information content (AvgIpc) is 2.65. The second-order valence-electron chi connectivity index (χ2n) is 6.16. The molecule has 5 heteroatoms. The maximum absolute atomic E-state index is 6.46. The van der Waals surface area contributed by atoms with E-state index in [4.69, 9.17) is 39.9 Å². The Hall–Kier alpha value is -2.13. The van der Waals surface area contributed by atoms with Crippen LogP contribution in [-0.4, -0.2) is 16.1 Å². The summed E-state index contributed by atoms with van der Waals surface area (Å²) in [6, 6.07) is 23.4. The van der Waals surface area contributed by atoms with Gasteiger partial charge >= 0.3 is 0 Å². The molecule has 3 aromatic rings. The minimum Gasteiger partial charge on any atom is -0.0842 e. The summed E-state index contributed by atoms with van der Waals surface area (Å²) < 4.78 is 1.76. The standard InChI is InChI=1S/C22H18Cl3N2/c1-15(2)27(22-19(24)13-18(23)14-20(22)25)26-21(16-9-5-3-6-10-16)17-11-7-4-8-12-17/h3-14H,1-2H3/q+1. The fraction of sp³-hybridized carbons (Fsp3) is 0.0909. The third-order valence-corrected chi connectivity index (χ3v) is 4.71. The fourth-order valence-corrected chi connectivity index (χ4v) is 3.66. The largest absolute Gasteiger partial charge is 0.275 e. The number of rotatable bonds is 4. The lowest BCUT2D eigenvalue weighted by Gasteiger charge is -2.08. The van der Waals surface area contributed by atoms with Gasteiger partial charge in [-0.15, -0.1) is 0 Å². The van der Waals surface area contributed by atoms with Crippen LogP contribution in [0.5, 0.6) is 0 Å². The van der Waals surface area contributed by atoms with Gasteiger partial charge < -0.3 is 0 Å². The van der Waals surface area contributed by atoms with Crippen LogP contribution in [0.15, 0.2) is 77.9 Å². The molecule has 0 fully saturated rings. The van der Waals surface area contributed by atoms with Crippen LogP contribution in [0.3, 0.4) is 0 Å². The van der Waals surface area contributed by atoms with Gasteiger partial charge in [-0.1, -0.05) is 100 Å². The Labute approximate surface area is 174 Å². The molecule has 0 radical (unpaired) electrons. The second-order valence-corrected chi connectivity index (χ2v) is 7.41. The number of halogens is 3. The lowest BCUT2D eigenvalue weighted by Crippen LogP contribution is -2.13. The Morgan fingerprint density at radius 2 is 1.19 bits per heavy atom. The first-order valence-electron chi connectivity index (χ1n) is 8.41. The molecule has 0 saturated carbocycles. The zero-order valence-electron chi connectivity index (χ0n) is 15.0. The van der Waals surface area contributed by atoms with Crippen LogP contribution in [0.2, 0.25) is 15.1 Å². The molecule has 0 spiro atoms. The van der Waals surface area contributed by atoms with Crippen LogP contribution in [0.1, 0.15) is 25.0 Å². The highest BCUT2D eigenvalue weighted by Gasteiger charge is 2.23. The normalized spacial score (nSPS) is 10.4. The average molecular weight is 417 g/mol. The molecule has 0 bridgehead atoms. The lowest BCUT2D eigenvalue weighted by atomic mass is 10.0. The van der Waals surface area contributed by atoms with E-state index in [0.717, 1.165) is 22.6 Å². The van der Waals surface area contributed by atoms with Crippen molar-refractivity contribution in [3.8, 4) is 0 Å².